The van der Waals surface area contributed by atoms with Crippen molar-refractivity contribution in [3.63, 3.8) is 0 Å². The number of aliphatic hydroxyl groups excluding tert-OH is 1. The van der Waals surface area contributed by atoms with Gasteiger partial charge in [0, 0.05) is 0 Å². The SMILES string of the molecule is O[C@@H](c1ccc(Br)o1)C(F)(F)F. The minimum Gasteiger partial charge on any atom is -0.451 e. The Morgan fingerprint density at radius 2 is 2.00 bits per heavy atom. The van der Waals surface area contributed by atoms with Crippen LogP contribution in [0.25, 0.3) is 0 Å². The minimum atomic E-state index is -4.68. The summed E-state index contributed by atoms with van der Waals surface area (Å²) in [6, 6.07) is 2.34. The Morgan fingerprint density at radius 3 is 2.33 bits per heavy atom. The van der Waals surface area contributed by atoms with E-state index in [1.165, 1.54) is 6.07 Å². The van der Waals surface area contributed by atoms with Gasteiger partial charge in [-0.1, -0.05) is 0 Å². The van der Waals surface area contributed by atoms with Crippen molar-refractivity contribution >= 4 is 15.9 Å². The van der Waals surface area contributed by atoms with Crippen molar-refractivity contribution in [1.82, 2.24) is 0 Å². The fourth-order valence-corrected chi connectivity index (χ4v) is 0.956. The molecule has 1 atom stereocenters. The summed E-state index contributed by atoms with van der Waals surface area (Å²) in [5.74, 6) is -0.519. The fourth-order valence-electron chi connectivity index (χ4n) is 0.637. The Bertz CT molecular complexity index is 268. The Kier molecular flexibility index (Phi) is 2.48. The van der Waals surface area contributed by atoms with Gasteiger partial charge < -0.3 is 9.52 Å². The van der Waals surface area contributed by atoms with Crippen molar-refractivity contribution in [2.45, 2.75) is 12.3 Å². The van der Waals surface area contributed by atoms with E-state index in [2.05, 4.69) is 20.3 Å². The number of furan rings is 1. The zero-order valence-electron chi connectivity index (χ0n) is 5.60. The summed E-state index contributed by atoms with van der Waals surface area (Å²) < 4.78 is 40.1. The molecule has 0 bridgehead atoms. The maximum Gasteiger partial charge on any atom is 0.421 e. The highest BCUT2D eigenvalue weighted by Gasteiger charge is 2.41. The lowest BCUT2D eigenvalue weighted by Crippen LogP contribution is -2.19. The van der Waals surface area contributed by atoms with E-state index in [-0.39, 0.29) is 4.67 Å². The third-order valence-corrected chi connectivity index (χ3v) is 1.60. The monoisotopic (exact) mass is 244 g/mol. The first kappa shape index (κ1) is 9.60. The zero-order valence-corrected chi connectivity index (χ0v) is 7.19. The maximum absolute atomic E-state index is 11.8. The van der Waals surface area contributed by atoms with Gasteiger partial charge in [0.1, 0.15) is 5.76 Å². The van der Waals surface area contributed by atoms with Gasteiger partial charge >= 0.3 is 6.18 Å². The molecule has 1 aromatic heterocycles. The summed E-state index contributed by atoms with van der Waals surface area (Å²) in [6.07, 6.45) is -7.24. The van der Waals surface area contributed by atoms with Crippen molar-refractivity contribution in [3.8, 4) is 0 Å². The van der Waals surface area contributed by atoms with Crippen LogP contribution in [0.2, 0.25) is 0 Å². The molecule has 6 heteroatoms. The maximum atomic E-state index is 11.8. The van der Waals surface area contributed by atoms with Crippen molar-refractivity contribution in [2.24, 2.45) is 0 Å². The molecule has 2 nitrogen and oxygen atoms in total. The highest BCUT2D eigenvalue weighted by Crippen LogP contribution is 2.33. The number of hydrogen-bond acceptors (Lipinski definition) is 2. The Morgan fingerprint density at radius 1 is 1.42 bits per heavy atom. The van der Waals surface area contributed by atoms with Crippen LogP contribution in [0, 0.1) is 0 Å². The van der Waals surface area contributed by atoms with Gasteiger partial charge in [0.2, 0.25) is 6.10 Å². The van der Waals surface area contributed by atoms with Gasteiger partial charge in [-0.05, 0) is 28.1 Å². The first-order valence-electron chi connectivity index (χ1n) is 2.91. The van der Waals surface area contributed by atoms with E-state index >= 15 is 0 Å². The second-order valence-electron chi connectivity index (χ2n) is 2.09. The predicted molar refractivity (Wildman–Crippen MR) is 37.4 cm³/mol. The topological polar surface area (TPSA) is 33.4 Å². The number of aliphatic hydroxyl groups is 1. The largest absolute Gasteiger partial charge is 0.451 e. The molecular weight excluding hydrogens is 241 g/mol. The average Bonchev–Trinajstić information content (AvgIpc) is 2.32. The van der Waals surface area contributed by atoms with Crippen molar-refractivity contribution in [3.05, 3.63) is 22.6 Å². The Balaban J connectivity index is 2.85. The van der Waals surface area contributed by atoms with Gasteiger partial charge in [-0.15, -0.1) is 0 Å². The molecule has 1 N–H and O–H groups in total. The molecule has 0 saturated carbocycles. The summed E-state index contributed by atoms with van der Waals surface area (Å²) in [7, 11) is 0. The van der Waals surface area contributed by atoms with Crippen LogP contribution in [0.4, 0.5) is 13.2 Å². The molecular formula is C6H4BrF3O2. The van der Waals surface area contributed by atoms with Crippen molar-refractivity contribution in [2.75, 3.05) is 0 Å². The van der Waals surface area contributed by atoms with Gasteiger partial charge in [0.05, 0.1) is 0 Å². The van der Waals surface area contributed by atoms with E-state index in [0.29, 0.717) is 0 Å². The quantitative estimate of drug-likeness (QED) is 0.824. The minimum absolute atomic E-state index is 0.154. The Hall–Kier alpha value is -0.490. The second kappa shape index (κ2) is 3.10. The van der Waals surface area contributed by atoms with Crippen molar-refractivity contribution in [1.29, 1.82) is 0 Å². The molecule has 0 unspecified atom stereocenters. The Labute approximate surface area is 74.1 Å². The van der Waals surface area contributed by atoms with Gasteiger partial charge in [-0.2, -0.15) is 13.2 Å². The molecule has 0 aliphatic carbocycles. The van der Waals surface area contributed by atoms with Gasteiger partial charge in [0.25, 0.3) is 0 Å². The van der Waals surface area contributed by atoms with E-state index in [1.54, 1.807) is 0 Å². The lowest BCUT2D eigenvalue weighted by Gasteiger charge is -2.10. The lowest BCUT2D eigenvalue weighted by molar-refractivity contribution is -0.211. The number of alkyl halides is 3. The summed E-state index contributed by atoms with van der Waals surface area (Å²) in [5, 5.41) is 8.63. The zero-order chi connectivity index (χ0) is 9.35. The summed E-state index contributed by atoms with van der Waals surface area (Å²) >= 11 is 2.82. The van der Waals surface area contributed by atoms with E-state index in [9.17, 15) is 13.2 Å². The van der Waals surface area contributed by atoms with Crippen LogP contribution >= 0.6 is 15.9 Å². The summed E-state index contributed by atoms with van der Waals surface area (Å²) in [5.41, 5.74) is 0. The molecule has 12 heavy (non-hydrogen) atoms. The molecule has 1 aromatic rings. The van der Waals surface area contributed by atoms with Crippen LogP contribution in [0.15, 0.2) is 21.2 Å². The number of rotatable bonds is 1. The molecule has 0 amide bonds. The van der Waals surface area contributed by atoms with Crippen LogP contribution in [0.5, 0.6) is 0 Å². The standard InChI is InChI=1S/C6H4BrF3O2/c7-4-2-1-3(12-4)5(11)6(8,9)10/h1-2,5,11H/t5-/m0/s1. The van der Waals surface area contributed by atoms with E-state index in [4.69, 9.17) is 5.11 Å². The fraction of sp³-hybridized carbons (Fsp3) is 0.333. The summed E-state index contributed by atoms with van der Waals surface area (Å²) in [4.78, 5) is 0. The highest BCUT2D eigenvalue weighted by atomic mass is 79.9. The molecule has 0 spiro atoms. The van der Waals surface area contributed by atoms with E-state index < -0.39 is 18.0 Å². The first-order valence-corrected chi connectivity index (χ1v) is 3.70. The molecule has 0 aliphatic rings. The molecule has 0 saturated heterocycles. The van der Waals surface area contributed by atoms with E-state index in [1.807, 2.05) is 0 Å². The number of halogens is 4. The van der Waals surface area contributed by atoms with Crippen LogP contribution < -0.4 is 0 Å². The van der Waals surface area contributed by atoms with Crippen LogP contribution in [-0.2, 0) is 0 Å². The molecule has 1 rings (SSSR count). The van der Waals surface area contributed by atoms with Gasteiger partial charge in [-0.25, -0.2) is 0 Å². The number of hydrogen-bond donors (Lipinski definition) is 1. The highest BCUT2D eigenvalue weighted by molar-refractivity contribution is 9.10. The molecule has 0 aliphatic heterocycles. The van der Waals surface area contributed by atoms with Crippen LogP contribution in [0.1, 0.15) is 11.9 Å². The second-order valence-corrected chi connectivity index (χ2v) is 2.87. The average molecular weight is 245 g/mol. The third kappa shape index (κ3) is 2.01. The molecule has 0 radical (unpaired) electrons. The summed E-state index contributed by atoms with van der Waals surface area (Å²) in [6.45, 7) is 0. The van der Waals surface area contributed by atoms with Gasteiger partial charge in [-0.3, -0.25) is 0 Å². The van der Waals surface area contributed by atoms with Crippen LogP contribution in [-0.4, -0.2) is 11.3 Å². The molecule has 68 valence electrons. The molecule has 0 aromatic carbocycles. The van der Waals surface area contributed by atoms with Crippen LogP contribution in [0.3, 0.4) is 0 Å². The lowest BCUT2D eigenvalue weighted by atomic mass is 10.3. The van der Waals surface area contributed by atoms with Gasteiger partial charge in [0.15, 0.2) is 4.67 Å². The molecule has 0 fully saturated rings. The molecule has 1 heterocycles. The first-order chi connectivity index (χ1) is 5.41. The third-order valence-electron chi connectivity index (χ3n) is 1.17. The normalized spacial score (nSPS) is 14.8. The van der Waals surface area contributed by atoms with Crippen molar-refractivity contribution < 1.29 is 22.7 Å². The predicted octanol–water partition coefficient (Wildman–Crippen LogP) is 2.64. The van der Waals surface area contributed by atoms with E-state index in [0.717, 1.165) is 6.07 Å². The smallest absolute Gasteiger partial charge is 0.421 e.